The number of rotatable bonds is 2. The van der Waals surface area contributed by atoms with Crippen molar-refractivity contribution in [3.63, 3.8) is 0 Å². The average Bonchev–Trinajstić information content (AvgIpc) is 2.63. The van der Waals surface area contributed by atoms with Crippen LogP contribution in [0.1, 0.15) is 12.6 Å². The first-order valence-electron chi connectivity index (χ1n) is 4.88. The first-order valence-corrected chi connectivity index (χ1v) is 5.26. The largest absolute Gasteiger partial charge is 0.268 e. The molecule has 0 unspecified atom stereocenters. The van der Waals surface area contributed by atoms with E-state index in [-0.39, 0.29) is 10.6 Å². The van der Waals surface area contributed by atoms with Gasteiger partial charge in [0.15, 0.2) is 0 Å². The third-order valence-electron chi connectivity index (χ3n) is 2.33. The molecular formula is C11H10ClFN2O. The van der Waals surface area contributed by atoms with Crippen LogP contribution in [0.25, 0.3) is 5.69 Å². The predicted molar refractivity (Wildman–Crippen MR) is 60.7 cm³/mol. The molecule has 0 aliphatic heterocycles. The molecule has 1 aromatic carbocycles. The van der Waals surface area contributed by atoms with Gasteiger partial charge >= 0.3 is 0 Å². The first kappa shape index (κ1) is 11.0. The van der Waals surface area contributed by atoms with Crippen LogP contribution in [-0.4, -0.2) is 9.78 Å². The molecule has 0 radical (unpaired) electrons. The number of aromatic nitrogens is 2. The highest BCUT2D eigenvalue weighted by molar-refractivity contribution is 6.30. The lowest BCUT2D eigenvalue weighted by Crippen LogP contribution is -2.05. The molecule has 0 spiro atoms. The second-order valence-electron chi connectivity index (χ2n) is 3.40. The number of aryl methyl sites for hydroxylation is 1. The molecule has 0 amide bonds. The van der Waals surface area contributed by atoms with Crippen molar-refractivity contribution in [2.45, 2.75) is 13.3 Å². The quantitative estimate of drug-likeness (QED) is 0.861. The van der Waals surface area contributed by atoms with Gasteiger partial charge in [-0.1, -0.05) is 18.5 Å². The van der Waals surface area contributed by atoms with Gasteiger partial charge in [-0.3, -0.25) is 14.6 Å². The highest BCUT2D eigenvalue weighted by Gasteiger charge is 2.07. The Balaban J connectivity index is 2.57. The zero-order chi connectivity index (χ0) is 11.7. The van der Waals surface area contributed by atoms with Gasteiger partial charge in [-0.15, -0.1) is 0 Å². The molecule has 1 heterocycles. The van der Waals surface area contributed by atoms with Crippen molar-refractivity contribution < 1.29 is 4.39 Å². The Morgan fingerprint density at radius 3 is 2.81 bits per heavy atom. The smallest absolute Gasteiger partial charge is 0.264 e. The molecule has 2 rings (SSSR count). The fourth-order valence-electron chi connectivity index (χ4n) is 1.54. The molecule has 0 fully saturated rings. The van der Waals surface area contributed by atoms with Crippen molar-refractivity contribution in [3.05, 3.63) is 51.2 Å². The van der Waals surface area contributed by atoms with Crippen molar-refractivity contribution in [1.29, 1.82) is 0 Å². The van der Waals surface area contributed by atoms with Gasteiger partial charge in [0.05, 0.1) is 10.7 Å². The van der Waals surface area contributed by atoms with Gasteiger partial charge in [0, 0.05) is 11.8 Å². The van der Waals surface area contributed by atoms with E-state index in [4.69, 9.17) is 11.6 Å². The van der Waals surface area contributed by atoms with E-state index in [2.05, 4.69) is 5.10 Å². The summed E-state index contributed by atoms with van der Waals surface area (Å²) >= 11 is 5.69. The van der Waals surface area contributed by atoms with Gasteiger partial charge in [-0.25, -0.2) is 4.39 Å². The van der Waals surface area contributed by atoms with E-state index >= 15 is 0 Å². The van der Waals surface area contributed by atoms with Crippen LogP contribution in [0.2, 0.25) is 5.02 Å². The molecule has 84 valence electrons. The lowest BCUT2D eigenvalue weighted by atomic mass is 10.3. The van der Waals surface area contributed by atoms with Crippen LogP contribution >= 0.6 is 11.6 Å². The molecule has 0 aliphatic rings. The molecule has 3 nitrogen and oxygen atoms in total. The van der Waals surface area contributed by atoms with E-state index in [9.17, 15) is 9.18 Å². The molecular weight excluding hydrogens is 231 g/mol. The number of aromatic amines is 1. The first-order chi connectivity index (χ1) is 7.61. The SMILES string of the molecule is CCc1cc(=O)[nH]n1-c1ccc(F)c(Cl)c1. The van der Waals surface area contributed by atoms with Crippen molar-refractivity contribution in [2.75, 3.05) is 0 Å². The summed E-state index contributed by atoms with van der Waals surface area (Å²) in [4.78, 5) is 11.2. The van der Waals surface area contributed by atoms with Crippen LogP contribution in [0.5, 0.6) is 0 Å². The van der Waals surface area contributed by atoms with Gasteiger partial charge < -0.3 is 0 Å². The Morgan fingerprint density at radius 2 is 2.19 bits per heavy atom. The molecule has 0 saturated carbocycles. The van der Waals surface area contributed by atoms with Crippen LogP contribution in [0.4, 0.5) is 4.39 Å². The maximum atomic E-state index is 13.0. The molecule has 1 N–H and O–H groups in total. The summed E-state index contributed by atoms with van der Waals surface area (Å²) in [7, 11) is 0. The van der Waals surface area contributed by atoms with Gasteiger partial charge in [0.25, 0.3) is 5.56 Å². The van der Waals surface area contributed by atoms with Crippen molar-refractivity contribution in [1.82, 2.24) is 9.78 Å². The number of halogens is 2. The normalized spacial score (nSPS) is 10.7. The average molecular weight is 241 g/mol. The zero-order valence-corrected chi connectivity index (χ0v) is 9.38. The molecule has 0 bridgehead atoms. The lowest BCUT2D eigenvalue weighted by Gasteiger charge is -2.07. The molecule has 5 heteroatoms. The summed E-state index contributed by atoms with van der Waals surface area (Å²) in [6, 6.07) is 5.83. The molecule has 2 aromatic rings. The fourth-order valence-corrected chi connectivity index (χ4v) is 1.72. The van der Waals surface area contributed by atoms with Gasteiger partial charge in [0.1, 0.15) is 5.82 Å². The second-order valence-corrected chi connectivity index (χ2v) is 3.81. The zero-order valence-electron chi connectivity index (χ0n) is 8.63. The van der Waals surface area contributed by atoms with Gasteiger partial charge in [-0.2, -0.15) is 0 Å². The van der Waals surface area contributed by atoms with Gasteiger partial charge in [0.2, 0.25) is 0 Å². The highest BCUT2D eigenvalue weighted by atomic mass is 35.5. The van der Waals surface area contributed by atoms with E-state index in [0.29, 0.717) is 12.1 Å². The maximum Gasteiger partial charge on any atom is 0.264 e. The summed E-state index contributed by atoms with van der Waals surface area (Å²) in [5.74, 6) is -0.474. The third kappa shape index (κ3) is 1.88. The number of H-pyrrole nitrogens is 1. The molecule has 1 aromatic heterocycles. The van der Waals surface area contributed by atoms with Crippen molar-refractivity contribution in [3.8, 4) is 5.69 Å². The summed E-state index contributed by atoms with van der Waals surface area (Å²) in [5, 5.41) is 2.67. The van der Waals surface area contributed by atoms with Crippen molar-refractivity contribution >= 4 is 11.6 Å². The summed E-state index contributed by atoms with van der Waals surface area (Å²) in [6.45, 7) is 1.93. The number of hydrogen-bond donors (Lipinski definition) is 1. The number of hydrogen-bond acceptors (Lipinski definition) is 1. The number of nitrogens with one attached hydrogen (secondary N) is 1. The van der Waals surface area contributed by atoms with E-state index < -0.39 is 5.82 Å². The summed E-state index contributed by atoms with van der Waals surface area (Å²) in [6.07, 6.45) is 0.702. The highest BCUT2D eigenvalue weighted by Crippen LogP contribution is 2.19. The summed E-state index contributed by atoms with van der Waals surface area (Å²) < 4.78 is 14.6. The van der Waals surface area contributed by atoms with Crippen LogP contribution < -0.4 is 5.56 Å². The van der Waals surface area contributed by atoms with Crippen LogP contribution in [0.15, 0.2) is 29.1 Å². The Bertz CT molecular complexity index is 574. The van der Waals surface area contributed by atoms with Crippen LogP contribution in [-0.2, 0) is 6.42 Å². The molecule has 0 aliphatic carbocycles. The Morgan fingerprint density at radius 1 is 1.44 bits per heavy atom. The Labute approximate surface area is 96.5 Å². The van der Waals surface area contributed by atoms with E-state index in [0.717, 1.165) is 5.69 Å². The summed E-state index contributed by atoms with van der Waals surface area (Å²) in [5.41, 5.74) is 1.29. The molecule has 0 atom stereocenters. The van der Waals surface area contributed by atoms with E-state index in [1.807, 2.05) is 6.92 Å². The minimum atomic E-state index is -0.474. The van der Waals surface area contributed by atoms with E-state index in [1.54, 1.807) is 10.7 Å². The monoisotopic (exact) mass is 240 g/mol. The van der Waals surface area contributed by atoms with Crippen LogP contribution in [0.3, 0.4) is 0 Å². The lowest BCUT2D eigenvalue weighted by molar-refractivity contribution is 0.627. The Kier molecular flexibility index (Phi) is 2.83. The minimum Gasteiger partial charge on any atom is -0.268 e. The molecule has 16 heavy (non-hydrogen) atoms. The topological polar surface area (TPSA) is 37.8 Å². The fraction of sp³-hybridized carbons (Fsp3) is 0.182. The number of nitrogens with zero attached hydrogens (tertiary/aromatic N) is 1. The molecule has 0 saturated heterocycles. The number of benzene rings is 1. The third-order valence-corrected chi connectivity index (χ3v) is 2.62. The maximum absolute atomic E-state index is 13.0. The van der Waals surface area contributed by atoms with E-state index in [1.165, 1.54) is 18.2 Å². The van der Waals surface area contributed by atoms with Crippen LogP contribution in [0, 0.1) is 5.82 Å². The Hall–Kier alpha value is -1.55. The second kappa shape index (κ2) is 4.14. The van der Waals surface area contributed by atoms with Crippen molar-refractivity contribution in [2.24, 2.45) is 0 Å². The van der Waals surface area contributed by atoms with Gasteiger partial charge in [-0.05, 0) is 24.6 Å². The minimum absolute atomic E-state index is 0.0362. The predicted octanol–water partition coefficient (Wildman–Crippen LogP) is 2.52. The standard InChI is InChI=1S/C11H10ClFN2O/c1-2-7-6-11(16)14-15(7)8-3-4-10(13)9(12)5-8/h3-6H,2H2,1H3,(H,14,16).